The van der Waals surface area contributed by atoms with E-state index in [0.717, 1.165) is 19.3 Å². The van der Waals surface area contributed by atoms with Gasteiger partial charge >= 0.3 is 0 Å². The van der Waals surface area contributed by atoms with Crippen LogP contribution in [0.15, 0.2) is 218 Å². The van der Waals surface area contributed by atoms with Crippen LogP contribution in [0.2, 0.25) is 0 Å². The number of nitrogens with zero attached hydrogens (tertiary/aromatic N) is 1. The van der Waals surface area contributed by atoms with Crippen molar-refractivity contribution in [2.75, 3.05) is 4.90 Å². The third kappa shape index (κ3) is 6.95. The van der Waals surface area contributed by atoms with E-state index in [1.54, 1.807) is 16.7 Å². The summed E-state index contributed by atoms with van der Waals surface area (Å²) in [6.07, 6.45) is 13.3. The highest BCUT2D eigenvalue weighted by molar-refractivity contribution is 5.99. The second-order valence-corrected chi connectivity index (χ2v) is 21.4. The molecule has 14 rings (SSSR count). The third-order valence-electron chi connectivity index (χ3n) is 17.6. The maximum atomic E-state index is 2.63. The van der Waals surface area contributed by atoms with Gasteiger partial charge in [0.1, 0.15) is 0 Å². The van der Waals surface area contributed by atoms with Crippen LogP contribution in [0, 0.1) is 0 Å². The fourth-order valence-corrected chi connectivity index (χ4v) is 14.4. The summed E-state index contributed by atoms with van der Waals surface area (Å²) >= 11 is 0. The molecule has 1 unspecified atom stereocenters. The van der Waals surface area contributed by atoms with E-state index in [0.29, 0.717) is 5.92 Å². The molecule has 2 spiro atoms. The highest BCUT2D eigenvalue weighted by atomic mass is 15.1. The van der Waals surface area contributed by atoms with E-state index >= 15 is 0 Å². The molecule has 0 aliphatic heterocycles. The molecule has 4 aliphatic carbocycles. The van der Waals surface area contributed by atoms with Crippen molar-refractivity contribution in [2.45, 2.75) is 87.4 Å². The Morgan fingerprint density at radius 3 is 1.45 bits per heavy atom. The lowest BCUT2D eigenvalue weighted by Gasteiger charge is -2.30. The molecule has 1 heteroatoms. The maximum absolute atomic E-state index is 2.63. The molecule has 2 fully saturated rings. The van der Waals surface area contributed by atoms with E-state index in [1.165, 1.54) is 146 Å². The third-order valence-corrected chi connectivity index (χ3v) is 17.6. The molecule has 10 aromatic carbocycles. The van der Waals surface area contributed by atoms with Crippen molar-refractivity contribution in [1.82, 2.24) is 0 Å². The Bertz CT molecular complexity index is 3610. The number of fused-ring (bicyclic) bond motifs is 14. The minimum atomic E-state index is 0.0625. The number of aryl methyl sites for hydroxylation is 1. The zero-order chi connectivity index (χ0) is 46.9. The molecule has 2 saturated carbocycles. The Morgan fingerprint density at radius 1 is 0.380 bits per heavy atom. The van der Waals surface area contributed by atoms with Crippen molar-refractivity contribution in [2.24, 2.45) is 0 Å². The fourth-order valence-electron chi connectivity index (χ4n) is 14.4. The lowest BCUT2D eigenvalue weighted by molar-refractivity contribution is 0.552. The molecule has 0 radical (unpaired) electrons. The summed E-state index contributed by atoms with van der Waals surface area (Å²) in [7, 11) is 0. The zero-order valence-corrected chi connectivity index (χ0v) is 40.6. The number of hydrogen-bond acceptors (Lipinski definition) is 1. The lowest BCUT2D eigenvalue weighted by atomic mass is 9.74. The molecule has 1 nitrogen and oxygen atoms in total. The topological polar surface area (TPSA) is 3.24 Å². The standard InChI is InChI=1S/C70H59N/c1-3-15-50(16-4-1)55(45-49-26-37-61-63-38-32-53-17-7-9-21-59(53)67(63)69(65(61)46-49)41-11-12-42-69)29-25-48-23-27-51(28-24-48)52-30-34-57(35-31-52)71(56-19-5-2-6-20-56)58-36-40-62-64-39-33-54-18-8-10-22-60(54)68(64)70(66(62)47-58)43-13-14-44-70/h1-10,15-24,26-28,30-40,46-47,55H,11-14,25,29,41-45H2. The highest BCUT2D eigenvalue weighted by Gasteiger charge is 2.47. The Balaban J connectivity index is 0.722. The van der Waals surface area contributed by atoms with Gasteiger partial charge in [-0.15, -0.1) is 0 Å². The number of benzene rings is 10. The van der Waals surface area contributed by atoms with Gasteiger partial charge in [0.25, 0.3) is 0 Å². The minimum absolute atomic E-state index is 0.0625. The predicted octanol–water partition coefficient (Wildman–Crippen LogP) is 18.8. The van der Waals surface area contributed by atoms with Gasteiger partial charge in [-0.3, -0.25) is 0 Å². The molecule has 0 saturated heterocycles. The zero-order valence-electron chi connectivity index (χ0n) is 40.6. The van der Waals surface area contributed by atoms with Crippen molar-refractivity contribution < 1.29 is 0 Å². The van der Waals surface area contributed by atoms with Crippen LogP contribution < -0.4 is 4.90 Å². The van der Waals surface area contributed by atoms with Crippen molar-refractivity contribution in [1.29, 1.82) is 0 Å². The van der Waals surface area contributed by atoms with Gasteiger partial charge < -0.3 is 4.90 Å². The molecule has 4 aliphatic rings. The first kappa shape index (κ1) is 42.4. The molecule has 0 N–H and O–H groups in total. The molecule has 0 heterocycles. The summed E-state index contributed by atoms with van der Waals surface area (Å²) in [5.74, 6) is 0.433. The summed E-state index contributed by atoms with van der Waals surface area (Å²) in [6.45, 7) is 0. The number of anilines is 3. The lowest BCUT2D eigenvalue weighted by Crippen LogP contribution is -2.21. The fraction of sp³-hybridized carbons (Fsp3) is 0.200. The minimum Gasteiger partial charge on any atom is -0.310 e. The van der Waals surface area contributed by atoms with Gasteiger partial charge in [-0.05, 0) is 181 Å². The Morgan fingerprint density at radius 2 is 0.845 bits per heavy atom. The first-order valence-corrected chi connectivity index (χ1v) is 26.6. The van der Waals surface area contributed by atoms with Gasteiger partial charge in [0.15, 0.2) is 0 Å². The van der Waals surface area contributed by atoms with Crippen LogP contribution in [-0.2, 0) is 23.7 Å². The van der Waals surface area contributed by atoms with Crippen LogP contribution in [0.25, 0.3) is 54.9 Å². The van der Waals surface area contributed by atoms with Crippen molar-refractivity contribution in [3.8, 4) is 33.4 Å². The maximum Gasteiger partial charge on any atom is 0.0465 e. The van der Waals surface area contributed by atoms with Gasteiger partial charge in [0.05, 0.1) is 0 Å². The first-order valence-electron chi connectivity index (χ1n) is 26.6. The van der Waals surface area contributed by atoms with Crippen LogP contribution in [0.4, 0.5) is 17.1 Å². The number of rotatable bonds is 10. The molecule has 0 amide bonds. The number of para-hydroxylation sites is 1. The largest absolute Gasteiger partial charge is 0.310 e. The summed E-state index contributed by atoms with van der Waals surface area (Å²) in [5, 5.41) is 5.60. The van der Waals surface area contributed by atoms with Gasteiger partial charge in [0.2, 0.25) is 0 Å². The SMILES string of the molecule is c1ccc(C(CCc2ccc(-c3ccc(N(c4ccccc4)c4ccc5c(c4)C4(CCCC4)c4c-5ccc5ccccc45)cc3)cc2)Cc2ccc3c(c2)C2(CCCC2)c2c-3ccc3ccccc23)cc1. The van der Waals surface area contributed by atoms with Crippen molar-refractivity contribution >= 4 is 38.6 Å². The summed E-state index contributed by atoms with van der Waals surface area (Å²) in [4.78, 5) is 2.45. The van der Waals surface area contributed by atoms with E-state index in [1.807, 2.05) is 0 Å². The first-order chi connectivity index (χ1) is 35.1. The smallest absolute Gasteiger partial charge is 0.0465 e. The number of hydrogen-bond donors (Lipinski definition) is 0. The highest BCUT2D eigenvalue weighted by Crippen LogP contribution is 2.61. The Hall–Kier alpha value is -7.48. The second-order valence-electron chi connectivity index (χ2n) is 21.4. The summed E-state index contributed by atoms with van der Waals surface area (Å²) in [5.41, 5.74) is 22.6. The van der Waals surface area contributed by atoms with E-state index in [-0.39, 0.29) is 10.8 Å². The molecule has 10 aromatic rings. The van der Waals surface area contributed by atoms with Gasteiger partial charge in [-0.1, -0.05) is 208 Å². The predicted molar refractivity (Wildman–Crippen MR) is 299 cm³/mol. The van der Waals surface area contributed by atoms with Gasteiger partial charge in [-0.25, -0.2) is 0 Å². The Labute approximate surface area is 419 Å². The Kier molecular flexibility index (Phi) is 10.2. The molecule has 71 heavy (non-hydrogen) atoms. The van der Waals surface area contributed by atoms with E-state index in [2.05, 4.69) is 223 Å². The van der Waals surface area contributed by atoms with Crippen LogP contribution >= 0.6 is 0 Å². The van der Waals surface area contributed by atoms with Crippen LogP contribution in [0.1, 0.15) is 103 Å². The molecular formula is C70H59N. The molecule has 344 valence electrons. The normalized spacial score (nSPS) is 16.1. The molecule has 0 bridgehead atoms. The average Bonchev–Trinajstić information content (AvgIpc) is 4.25. The molecule has 0 aromatic heterocycles. The van der Waals surface area contributed by atoms with Crippen LogP contribution in [-0.4, -0.2) is 0 Å². The van der Waals surface area contributed by atoms with Crippen molar-refractivity contribution in [3.63, 3.8) is 0 Å². The van der Waals surface area contributed by atoms with E-state index < -0.39 is 0 Å². The second kappa shape index (κ2) is 17.1. The van der Waals surface area contributed by atoms with Crippen LogP contribution in [0.3, 0.4) is 0 Å². The molecular weight excluding hydrogens is 855 g/mol. The quantitative estimate of drug-likeness (QED) is 0.132. The van der Waals surface area contributed by atoms with Crippen LogP contribution in [0.5, 0.6) is 0 Å². The molecule has 1 atom stereocenters. The van der Waals surface area contributed by atoms with E-state index in [4.69, 9.17) is 0 Å². The monoisotopic (exact) mass is 913 g/mol. The van der Waals surface area contributed by atoms with Gasteiger partial charge in [0, 0.05) is 27.9 Å². The average molecular weight is 914 g/mol. The van der Waals surface area contributed by atoms with Crippen molar-refractivity contribution in [3.05, 3.63) is 257 Å². The van der Waals surface area contributed by atoms with Gasteiger partial charge in [-0.2, -0.15) is 0 Å². The summed E-state index contributed by atoms with van der Waals surface area (Å²) in [6, 6.07) is 83.3. The van der Waals surface area contributed by atoms with E-state index in [9.17, 15) is 0 Å². The summed E-state index contributed by atoms with van der Waals surface area (Å²) < 4.78 is 0.